The monoisotopic (exact) mass is 370 g/mol. The van der Waals surface area contributed by atoms with Gasteiger partial charge in [-0.05, 0) is 42.8 Å². The van der Waals surface area contributed by atoms with E-state index in [1.807, 2.05) is 0 Å². The zero-order valence-electron chi connectivity index (χ0n) is 14.0. The van der Waals surface area contributed by atoms with Crippen LogP contribution in [0.5, 0.6) is 0 Å². The van der Waals surface area contributed by atoms with Gasteiger partial charge < -0.3 is 10.6 Å². The SMILES string of the molecule is Cc1cc(C(=O)Nc2ccccc2Cl)nc(NCc2ccc(F)cc2)n1. The Morgan fingerprint density at radius 2 is 1.85 bits per heavy atom. The van der Waals surface area contributed by atoms with Gasteiger partial charge in [0, 0.05) is 12.2 Å². The standard InChI is InChI=1S/C19H16ClFN4O/c1-12-10-17(18(26)24-16-5-3-2-4-15(16)20)25-19(23-12)22-11-13-6-8-14(21)9-7-13/h2-10H,11H2,1H3,(H,24,26)(H,22,23,25). The Balaban J connectivity index is 1.73. The molecule has 0 saturated heterocycles. The molecule has 3 rings (SSSR count). The molecule has 0 radical (unpaired) electrons. The van der Waals surface area contributed by atoms with Crippen molar-refractivity contribution >= 4 is 29.1 Å². The summed E-state index contributed by atoms with van der Waals surface area (Å²) >= 11 is 6.06. The summed E-state index contributed by atoms with van der Waals surface area (Å²) in [7, 11) is 0. The zero-order chi connectivity index (χ0) is 18.5. The molecule has 5 nitrogen and oxygen atoms in total. The Labute approximate surface area is 155 Å². The van der Waals surface area contributed by atoms with Crippen molar-refractivity contribution in [3.05, 3.63) is 82.4 Å². The van der Waals surface area contributed by atoms with E-state index in [-0.39, 0.29) is 17.4 Å². The van der Waals surface area contributed by atoms with E-state index < -0.39 is 0 Å². The van der Waals surface area contributed by atoms with Crippen molar-refractivity contribution < 1.29 is 9.18 Å². The average molecular weight is 371 g/mol. The third-order valence-corrected chi connectivity index (χ3v) is 3.90. The second kappa shape index (κ2) is 7.93. The molecule has 0 bridgehead atoms. The molecule has 0 aliphatic carbocycles. The van der Waals surface area contributed by atoms with Crippen LogP contribution in [0.25, 0.3) is 0 Å². The van der Waals surface area contributed by atoms with E-state index in [4.69, 9.17) is 11.6 Å². The summed E-state index contributed by atoms with van der Waals surface area (Å²) in [6.45, 7) is 2.19. The second-order valence-corrected chi connectivity index (χ2v) is 6.04. The first kappa shape index (κ1) is 17.8. The first-order valence-corrected chi connectivity index (χ1v) is 8.29. The van der Waals surface area contributed by atoms with Gasteiger partial charge in [0.2, 0.25) is 5.95 Å². The molecule has 2 N–H and O–H groups in total. The van der Waals surface area contributed by atoms with Gasteiger partial charge in [-0.15, -0.1) is 0 Å². The van der Waals surface area contributed by atoms with E-state index in [2.05, 4.69) is 20.6 Å². The highest BCUT2D eigenvalue weighted by atomic mass is 35.5. The van der Waals surface area contributed by atoms with Crippen molar-refractivity contribution in [3.63, 3.8) is 0 Å². The number of halogens is 2. The zero-order valence-corrected chi connectivity index (χ0v) is 14.7. The van der Waals surface area contributed by atoms with Crippen molar-refractivity contribution in [2.75, 3.05) is 10.6 Å². The van der Waals surface area contributed by atoms with Crippen LogP contribution < -0.4 is 10.6 Å². The van der Waals surface area contributed by atoms with Crippen LogP contribution in [-0.4, -0.2) is 15.9 Å². The largest absolute Gasteiger partial charge is 0.350 e. The Morgan fingerprint density at radius 1 is 1.12 bits per heavy atom. The Morgan fingerprint density at radius 3 is 2.58 bits per heavy atom. The molecule has 1 aromatic heterocycles. The van der Waals surface area contributed by atoms with Gasteiger partial charge >= 0.3 is 0 Å². The first-order valence-electron chi connectivity index (χ1n) is 7.91. The van der Waals surface area contributed by atoms with E-state index in [0.717, 1.165) is 5.56 Å². The van der Waals surface area contributed by atoms with Crippen molar-refractivity contribution in [2.24, 2.45) is 0 Å². The number of rotatable bonds is 5. The molecule has 3 aromatic rings. The maximum absolute atomic E-state index is 13.0. The van der Waals surface area contributed by atoms with Crippen LogP contribution in [0.3, 0.4) is 0 Å². The summed E-state index contributed by atoms with van der Waals surface area (Å²) in [5.74, 6) is -0.355. The highest BCUT2D eigenvalue weighted by Gasteiger charge is 2.12. The highest BCUT2D eigenvalue weighted by Crippen LogP contribution is 2.21. The second-order valence-electron chi connectivity index (χ2n) is 5.63. The summed E-state index contributed by atoms with van der Waals surface area (Å²) in [4.78, 5) is 21.0. The number of nitrogens with zero attached hydrogens (tertiary/aromatic N) is 2. The van der Waals surface area contributed by atoms with Crippen molar-refractivity contribution in [1.29, 1.82) is 0 Å². The summed E-state index contributed by atoms with van der Waals surface area (Å²) in [5, 5.41) is 6.22. The number of carbonyl (C=O) groups excluding carboxylic acids is 1. The van der Waals surface area contributed by atoms with Gasteiger partial charge in [-0.3, -0.25) is 4.79 Å². The van der Waals surface area contributed by atoms with E-state index >= 15 is 0 Å². The Kier molecular flexibility index (Phi) is 5.43. The molecule has 132 valence electrons. The number of carbonyl (C=O) groups is 1. The molecule has 0 aliphatic heterocycles. The lowest BCUT2D eigenvalue weighted by Crippen LogP contribution is -2.16. The molecule has 0 atom stereocenters. The summed E-state index contributed by atoms with van der Waals surface area (Å²) < 4.78 is 13.0. The molecule has 1 amide bonds. The Hall–Kier alpha value is -2.99. The predicted octanol–water partition coefficient (Wildman–Crippen LogP) is 4.44. The van der Waals surface area contributed by atoms with Gasteiger partial charge in [0.1, 0.15) is 11.5 Å². The van der Waals surface area contributed by atoms with E-state index in [1.165, 1.54) is 12.1 Å². The maximum atomic E-state index is 13.0. The summed E-state index contributed by atoms with van der Waals surface area (Å²) in [6, 6.07) is 14.7. The molecule has 2 aromatic carbocycles. The predicted molar refractivity (Wildman–Crippen MR) is 99.9 cm³/mol. The normalized spacial score (nSPS) is 10.4. The van der Waals surface area contributed by atoms with Crippen molar-refractivity contribution in [1.82, 2.24) is 9.97 Å². The van der Waals surface area contributed by atoms with Crippen LogP contribution in [0, 0.1) is 12.7 Å². The molecule has 7 heteroatoms. The number of nitrogens with one attached hydrogen (secondary N) is 2. The lowest BCUT2D eigenvalue weighted by molar-refractivity contribution is 0.102. The number of anilines is 2. The minimum atomic E-state index is -0.381. The highest BCUT2D eigenvalue weighted by molar-refractivity contribution is 6.33. The molecule has 0 saturated carbocycles. The van der Waals surface area contributed by atoms with Gasteiger partial charge in [-0.25, -0.2) is 14.4 Å². The molecule has 1 heterocycles. The number of aromatic nitrogens is 2. The Bertz CT molecular complexity index is 931. The van der Waals surface area contributed by atoms with Crippen LogP contribution in [-0.2, 0) is 6.54 Å². The molecular formula is C19H16ClFN4O. The number of benzene rings is 2. The van der Waals surface area contributed by atoms with Crippen LogP contribution in [0.4, 0.5) is 16.0 Å². The third-order valence-electron chi connectivity index (χ3n) is 3.57. The minimum Gasteiger partial charge on any atom is -0.350 e. The minimum absolute atomic E-state index is 0.221. The van der Waals surface area contributed by atoms with E-state index in [0.29, 0.717) is 28.9 Å². The quantitative estimate of drug-likeness (QED) is 0.696. The smallest absolute Gasteiger partial charge is 0.274 e. The lowest BCUT2D eigenvalue weighted by Gasteiger charge is -2.10. The van der Waals surface area contributed by atoms with E-state index in [9.17, 15) is 9.18 Å². The fraction of sp³-hybridized carbons (Fsp3) is 0.105. The van der Waals surface area contributed by atoms with Crippen molar-refractivity contribution in [2.45, 2.75) is 13.5 Å². The molecular weight excluding hydrogens is 355 g/mol. The summed E-state index contributed by atoms with van der Waals surface area (Å²) in [6.07, 6.45) is 0. The third kappa shape index (κ3) is 4.55. The first-order chi connectivity index (χ1) is 12.5. The fourth-order valence-electron chi connectivity index (χ4n) is 2.30. The number of hydrogen-bond acceptors (Lipinski definition) is 4. The maximum Gasteiger partial charge on any atom is 0.274 e. The van der Waals surface area contributed by atoms with Gasteiger partial charge in [-0.2, -0.15) is 0 Å². The number of aryl methyl sites for hydroxylation is 1. The number of amides is 1. The van der Waals surface area contributed by atoms with Crippen molar-refractivity contribution in [3.8, 4) is 0 Å². The molecule has 0 fully saturated rings. The van der Waals surface area contributed by atoms with Gasteiger partial charge in [0.05, 0.1) is 10.7 Å². The van der Waals surface area contributed by atoms with Gasteiger partial charge in [0.25, 0.3) is 5.91 Å². The lowest BCUT2D eigenvalue weighted by atomic mass is 10.2. The van der Waals surface area contributed by atoms with Gasteiger partial charge in [0.15, 0.2) is 0 Å². The molecule has 26 heavy (non-hydrogen) atoms. The number of para-hydroxylation sites is 1. The molecule has 0 unspecified atom stereocenters. The van der Waals surface area contributed by atoms with Gasteiger partial charge in [-0.1, -0.05) is 35.9 Å². The molecule has 0 aliphatic rings. The van der Waals surface area contributed by atoms with Crippen LogP contribution in [0.1, 0.15) is 21.7 Å². The van der Waals surface area contributed by atoms with Crippen LogP contribution in [0.2, 0.25) is 5.02 Å². The van der Waals surface area contributed by atoms with Crippen LogP contribution in [0.15, 0.2) is 54.6 Å². The fourth-order valence-corrected chi connectivity index (χ4v) is 2.48. The summed E-state index contributed by atoms with van der Waals surface area (Å²) in [5.41, 5.74) is 2.25. The number of hydrogen-bond donors (Lipinski definition) is 2. The average Bonchev–Trinajstić information content (AvgIpc) is 2.63. The molecule has 0 spiro atoms. The topological polar surface area (TPSA) is 66.9 Å². The van der Waals surface area contributed by atoms with Crippen LogP contribution >= 0.6 is 11.6 Å². The van der Waals surface area contributed by atoms with E-state index in [1.54, 1.807) is 49.4 Å².